The van der Waals surface area contributed by atoms with Crippen molar-refractivity contribution >= 4 is 52.5 Å². The molecule has 3 unspecified atom stereocenters. The zero-order chi connectivity index (χ0) is 57.9. The lowest BCUT2D eigenvalue weighted by Crippen LogP contribution is -2.61. The molecule has 23 heteroatoms. The summed E-state index contributed by atoms with van der Waals surface area (Å²) in [7, 11) is 6.50. The Bertz CT molecular complexity index is 2270. The van der Waals surface area contributed by atoms with E-state index in [1.165, 1.54) is 35.0 Å². The predicted molar refractivity (Wildman–Crippen MR) is 285 cm³/mol. The summed E-state index contributed by atoms with van der Waals surface area (Å²) in [6, 6.07) is 2.99. The lowest BCUT2D eigenvalue weighted by Gasteiger charge is -2.49. The lowest BCUT2D eigenvalue weighted by molar-refractivity contribution is -0.340. The number of carbonyl (C=O) groups excluding carboxylic acids is 4. The fourth-order valence-corrected chi connectivity index (χ4v) is 12.2. The van der Waals surface area contributed by atoms with Crippen molar-refractivity contribution in [2.45, 2.75) is 198 Å². The molecule has 19 atom stereocenters. The number of carboxylic acids is 1. The molecule has 5 aliphatic rings. The fourth-order valence-electron chi connectivity index (χ4n) is 12.0. The van der Waals surface area contributed by atoms with Crippen LogP contribution in [-0.2, 0) is 57.1 Å². The molecular weight excluding hydrogens is 1040 g/mol. The molecule has 4 fully saturated rings. The molecule has 0 spiro atoms. The van der Waals surface area contributed by atoms with E-state index in [1.807, 2.05) is 4.90 Å². The van der Waals surface area contributed by atoms with Gasteiger partial charge < -0.3 is 83.9 Å². The van der Waals surface area contributed by atoms with Gasteiger partial charge in [0.15, 0.2) is 30.8 Å². The van der Waals surface area contributed by atoms with E-state index in [0.717, 1.165) is 12.8 Å². The largest absolute Gasteiger partial charge is 0.481 e. The standard InChI is InChI=1S/C55H87ClN4O18/c1-14-39-55(9,70)47(65)28(3)43(62)27(2)24-53(7,69)48(78-52-45(64)38(59(10)11)23-41(71-12)77-52)29(4)46(30(5)51(68)74-39)76-42-25-54(8,72-13)49(31(6)73-42)75-40(61)17-18-57-19-20-58-36-21-33-37(22-35(36)56)60(32-15-16-32)26-34(44(33)63)50(66)67/h21-22,27-32,34,38-39,41-42,45-49,52,57-58,64-65,69-70H,14-20,23-26H2,1-13H3,(H,66,67)/t27-,28+,29+,30-,31+,34?,38+,39-,41+,42?,45-,46+,47-,48-,49+,52?,53-,54-,55-/m1/s1. The molecule has 6 rings (SSSR count). The summed E-state index contributed by atoms with van der Waals surface area (Å²) in [6.45, 7) is 15.3. The van der Waals surface area contributed by atoms with E-state index in [1.54, 1.807) is 72.7 Å². The Labute approximate surface area is 463 Å². The number of anilines is 2. The highest BCUT2D eigenvalue weighted by Crippen LogP contribution is 2.44. The topological polar surface area (TPSA) is 291 Å². The van der Waals surface area contributed by atoms with Crippen LogP contribution in [0.2, 0.25) is 5.02 Å². The van der Waals surface area contributed by atoms with Crippen LogP contribution in [0.15, 0.2) is 12.1 Å². The molecule has 0 radical (unpaired) electrons. The minimum absolute atomic E-state index is 0.0264. The van der Waals surface area contributed by atoms with Gasteiger partial charge in [0, 0.05) is 94.3 Å². The van der Waals surface area contributed by atoms with Gasteiger partial charge in [0.25, 0.3) is 0 Å². The summed E-state index contributed by atoms with van der Waals surface area (Å²) in [6.07, 6.45) is -9.95. The van der Waals surface area contributed by atoms with E-state index in [4.69, 9.17) is 49.5 Å². The van der Waals surface area contributed by atoms with Gasteiger partial charge in [-0.05, 0) is 86.5 Å². The number of hydrogen-bond acceptors (Lipinski definition) is 21. The number of nitrogens with zero attached hydrogens (tertiary/aromatic N) is 2. The van der Waals surface area contributed by atoms with Crippen LogP contribution in [0.5, 0.6) is 0 Å². The van der Waals surface area contributed by atoms with E-state index in [0.29, 0.717) is 41.5 Å². The number of halogens is 1. The van der Waals surface area contributed by atoms with Gasteiger partial charge in [-0.1, -0.05) is 39.3 Å². The van der Waals surface area contributed by atoms with Crippen molar-refractivity contribution in [3.8, 4) is 0 Å². The first-order valence-electron chi connectivity index (χ1n) is 27.4. The monoisotopic (exact) mass is 1130 g/mol. The SMILES string of the molecule is CC[C@H]1OC(=O)[C@H](C)[C@@H](OC2C[C@@](C)(OC)[C@@H](OC(=O)CCNCCNc3cc4c(cc3Cl)N(C3CC3)CC(C(=O)O)C4=O)[C@H](C)O2)[C@H](C)[C@@H](OC2O[C@H](OC)C[C@H](N(C)C)[C@H]2O)[C@](C)(O)C[C@@H](C)C(=O)[C@H](C)[C@@H](O)[C@]1(C)O. The van der Waals surface area contributed by atoms with E-state index in [9.17, 15) is 49.5 Å². The zero-order valence-electron chi connectivity index (χ0n) is 47.6. The highest BCUT2D eigenvalue weighted by Gasteiger charge is 2.55. The van der Waals surface area contributed by atoms with Gasteiger partial charge in [-0.3, -0.25) is 24.0 Å². The smallest absolute Gasteiger partial charge is 0.316 e. The van der Waals surface area contributed by atoms with Crippen LogP contribution in [0, 0.1) is 29.6 Å². The Morgan fingerprint density at radius 2 is 1.59 bits per heavy atom. The van der Waals surface area contributed by atoms with Crippen LogP contribution in [-0.4, -0.2) is 205 Å². The van der Waals surface area contributed by atoms with E-state index < -0.39 is 144 Å². The van der Waals surface area contributed by atoms with Gasteiger partial charge in [-0.15, -0.1) is 0 Å². The lowest BCUT2D eigenvalue weighted by atomic mass is 9.74. The summed E-state index contributed by atoms with van der Waals surface area (Å²) in [5.74, 6) is -8.85. The van der Waals surface area contributed by atoms with Gasteiger partial charge in [0.1, 0.15) is 35.1 Å². The predicted octanol–water partition coefficient (Wildman–Crippen LogP) is 3.53. The number of aliphatic carboxylic acids is 1. The van der Waals surface area contributed by atoms with Crippen molar-refractivity contribution in [3.05, 3.63) is 22.7 Å². The third-order valence-electron chi connectivity index (χ3n) is 16.8. The molecule has 0 amide bonds. The number of methoxy groups -OCH3 is 2. The van der Waals surface area contributed by atoms with Crippen LogP contribution in [0.3, 0.4) is 0 Å². The van der Waals surface area contributed by atoms with Gasteiger partial charge in [-0.2, -0.15) is 0 Å². The number of hydrogen-bond donors (Lipinski definition) is 7. The Hall–Kier alpha value is -3.62. The number of ether oxygens (including phenoxy) is 8. The summed E-state index contributed by atoms with van der Waals surface area (Å²) in [5.41, 5.74) is -3.78. The average Bonchev–Trinajstić information content (AvgIpc) is 4.32. The van der Waals surface area contributed by atoms with Gasteiger partial charge >= 0.3 is 17.9 Å². The maximum atomic E-state index is 14.5. The second-order valence-electron chi connectivity index (χ2n) is 23.2. The Morgan fingerprint density at radius 3 is 2.19 bits per heavy atom. The number of benzene rings is 1. The van der Waals surface area contributed by atoms with E-state index in [2.05, 4.69) is 10.6 Å². The van der Waals surface area contributed by atoms with E-state index in [-0.39, 0.29) is 44.8 Å². The van der Waals surface area contributed by atoms with Crippen LogP contribution in [0.4, 0.5) is 11.4 Å². The molecule has 442 valence electrons. The highest BCUT2D eigenvalue weighted by molar-refractivity contribution is 6.34. The third kappa shape index (κ3) is 14.2. The molecule has 1 aromatic carbocycles. The van der Waals surface area contributed by atoms with Crippen LogP contribution in [0.25, 0.3) is 0 Å². The number of esters is 2. The van der Waals surface area contributed by atoms with E-state index >= 15 is 0 Å². The first kappa shape index (κ1) is 63.6. The van der Waals surface area contributed by atoms with Crippen LogP contribution in [0.1, 0.15) is 118 Å². The molecule has 78 heavy (non-hydrogen) atoms. The molecular formula is C55H87ClN4O18. The number of cyclic esters (lactones) is 1. The quantitative estimate of drug-likeness (QED) is 0.0629. The Morgan fingerprint density at radius 1 is 0.910 bits per heavy atom. The fraction of sp³-hybridized carbons (Fsp3) is 0.800. The van der Waals surface area contributed by atoms with Gasteiger partial charge in [0.05, 0.1) is 53.1 Å². The Kier molecular flexibility index (Phi) is 21.3. The first-order chi connectivity index (χ1) is 36.5. The number of Topliss-reactive ketones (excluding diaryl/α,β-unsaturated/α-hetero) is 2. The summed E-state index contributed by atoms with van der Waals surface area (Å²) >= 11 is 6.65. The molecule has 22 nitrogen and oxygen atoms in total. The third-order valence-corrected chi connectivity index (χ3v) is 17.2. The minimum atomic E-state index is -2.08. The molecule has 1 saturated carbocycles. The second-order valence-corrected chi connectivity index (χ2v) is 23.6. The molecule has 4 aliphatic heterocycles. The molecule has 0 aromatic heterocycles. The number of aliphatic hydroxyl groups is 4. The van der Waals surface area contributed by atoms with Crippen LogP contribution >= 0.6 is 11.6 Å². The average molecular weight is 1130 g/mol. The molecule has 0 bridgehead atoms. The normalized spacial score (nSPS) is 39.3. The number of likely N-dealkylation sites (N-methyl/N-ethyl adjacent to an activating group) is 1. The zero-order valence-corrected chi connectivity index (χ0v) is 48.3. The number of aliphatic hydroxyl groups excluding tert-OH is 2. The van der Waals surface area contributed by atoms with Crippen molar-refractivity contribution in [3.63, 3.8) is 0 Å². The number of carboxylic acid groups (broad SMARTS) is 1. The number of carbonyl (C=O) groups is 5. The Balaban J connectivity index is 1.17. The molecule has 1 aliphatic carbocycles. The highest BCUT2D eigenvalue weighted by atomic mass is 35.5. The first-order valence-corrected chi connectivity index (χ1v) is 27.8. The van der Waals surface area contributed by atoms with Crippen LogP contribution < -0.4 is 15.5 Å². The van der Waals surface area contributed by atoms with Crippen molar-refractivity contribution in [1.29, 1.82) is 0 Å². The van der Waals surface area contributed by atoms with Gasteiger partial charge in [-0.25, -0.2) is 0 Å². The summed E-state index contributed by atoms with van der Waals surface area (Å²) < 4.78 is 49.8. The number of ketones is 2. The van der Waals surface area contributed by atoms with Crippen molar-refractivity contribution in [2.75, 3.05) is 64.7 Å². The summed E-state index contributed by atoms with van der Waals surface area (Å²) in [4.78, 5) is 71.0. The molecule has 7 N–H and O–H groups in total. The maximum absolute atomic E-state index is 14.5. The summed E-state index contributed by atoms with van der Waals surface area (Å²) in [5, 5.41) is 64.3. The van der Waals surface area contributed by atoms with Gasteiger partial charge in [0.2, 0.25) is 0 Å². The minimum Gasteiger partial charge on any atom is -0.481 e. The maximum Gasteiger partial charge on any atom is 0.316 e. The molecule has 1 aromatic rings. The number of fused-ring (bicyclic) bond motifs is 1. The van der Waals surface area contributed by atoms with Crippen molar-refractivity contribution in [2.24, 2.45) is 29.6 Å². The second kappa shape index (κ2) is 26.1. The molecule has 3 saturated heterocycles. The number of rotatable bonds is 18. The van der Waals surface area contributed by atoms with Crippen molar-refractivity contribution < 1.29 is 87.4 Å². The number of nitrogens with one attached hydrogen (secondary N) is 2. The van der Waals surface area contributed by atoms with Crippen molar-refractivity contribution in [1.82, 2.24) is 10.2 Å². The molecule has 4 heterocycles.